The van der Waals surface area contributed by atoms with Gasteiger partial charge >= 0.3 is 0 Å². The minimum Gasteiger partial charge on any atom is -0.391 e. The third-order valence-corrected chi connectivity index (χ3v) is 1.38. The zero-order valence-electron chi connectivity index (χ0n) is 6.53. The Labute approximate surface area is 70.9 Å². The molecule has 0 heterocycles. The number of rotatable bonds is 3. The predicted molar refractivity (Wildman–Crippen MR) is 45.5 cm³/mol. The quantitative estimate of drug-likeness (QED) is 0.499. The summed E-state index contributed by atoms with van der Waals surface area (Å²) in [6.45, 7) is 3.54. The SMILES string of the molecule is C=NOCc1cccc(C#N)c1. The van der Waals surface area contributed by atoms with Crippen molar-refractivity contribution < 1.29 is 4.84 Å². The molecule has 0 spiro atoms. The maximum absolute atomic E-state index is 8.56. The van der Waals surface area contributed by atoms with Crippen molar-refractivity contribution in [2.45, 2.75) is 6.61 Å². The Morgan fingerprint density at radius 2 is 2.42 bits per heavy atom. The molecule has 0 unspecified atom stereocenters. The van der Waals surface area contributed by atoms with Crippen LogP contribution in [-0.2, 0) is 11.4 Å². The molecule has 0 saturated heterocycles. The van der Waals surface area contributed by atoms with Gasteiger partial charge in [-0.25, -0.2) is 0 Å². The molecule has 1 aromatic carbocycles. The van der Waals surface area contributed by atoms with Crippen molar-refractivity contribution in [1.82, 2.24) is 0 Å². The normalized spacial score (nSPS) is 8.58. The lowest BCUT2D eigenvalue weighted by Crippen LogP contribution is -1.86. The van der Waals surface area contributed by atoms with Crippen LogP contribution in [0.5, 0.6) is 0 Å². The van der Waals surface area contributed by atoms with Crippen molar-refractivity contribution in [1.29, 1.82) is 5.26 Å². The fraction of sp³-hybridized carbons (Fsp3) is 0.111. The Kier molecular flexibility index (Phi) is 2.86. The van der Waals surface area contributed by atoms with Gasteiger partial charge in [0.25, 0.3) is 0 Å². The number of hydrogen-bond acceptors (Lipinski definition) is 3. The van der Waals surface area contributed by atoms with Crippen molar-refractivity contribution in [3.8, 4) is 6.07 Å². The van der Waals surface area contributed by atoms with Gasteiger partial charge in [0.2, 0.25) is 0 Å². The van der Waals surface area contributed by atoms with Gasteiger partial charge in [0.05, 0.1) is 11.6 Å². The molecule has 0 bridgehead atoms. The first-order chi connectivity index (χ1) is 5.86. The van der Waals surface area contributed by atoms with E-state index in [0.29, 0.717) is 12.2 Å². The van der Waals surface area contributed by atoms with Gasteiger partial charge in [-0.1, -0.05) is 12.1 Å². The number of nitriles is 1. The van der Waals surface area contributed by atoms with E-state index in [-0.39, 0.29) is 0 Å². The molecule has 0 amide bonds. The average Bonchev–Trinajstić information content (AvgIpc) is 2.15. The third kappa shape index (κ3) is 2.10. The lowest BCUT2D eigenvalue weighted by atomic mass is 10.1. The summed E-state index contributed by atoms with van der Waals surface area (Å²) in [4.78, 5) is 4.72. The summed E-state index contributed by atoms with van der Waals surface area (Å²) in [5, 5.41) is 11.8. The standard InChI is InChI=1S/C9H8N2O/c1-11-12-7-9-4-2-3-8(5-9)6-10/h2-5H,1,7H2. The van der Waals surface area contributed by atoms with Crippen molar-refractivity contribution in [2.24, 2.45) is 5.16 Å². The van der Waals surface area contributed by atoms with Gasteiger partial charge < -0.3 is 4.84 Å². The molecule has 1 rings (SSSR count). The van der Waals surface area contributed by atoms with Crippen LogP contribution in [0.1, 0.15) is 11.1 Å². The van der Waals surface area contributed by atoms with Crippen molar-refractivity contribution in [3.63, 3.8) is 0 Å². The summed E-state index contributed by atoms with van der Waals surface area (Å²) in [6.07, 6.45) is 0. The zero-order chi connectivity index (χ0) is 8.81. The molecule has 60 valence electrons. The molecule has 0 N–H and O–H groups in total. The first kappa shape index (κ1) is 8.28. The van der Waals surface area contributed by atoms with Crippen LogP contribution in [0.25, 0.3) is 0 Å². The Balaban J connectivity index is 2.74. The molecule has 0 aliphatic heterocycles. The summed E-state index contributed by atoms with van der Waals surface area (Å²) in [6, 6.07) is 9.21. The fourth-order valence-corrected chi connectivity index (χ4v) is 0.851. The molecule has 0 fully saturated rings. The summed E-state index contributed by atoms with van der Waals surface area (Å²) < 4.78 is 0. The number of nitrogens with zero attached hydrogens (tertiary/aromatic N) is 2. The summed E-state index contributed by atoms with van der Waals surface area (Å²) in [5.41, 5.74) is 1.54. The maximum Gasteiger partial charge on any atom is 0.142 e. The topological polar surface area (TPSA) is 45.4 Å². The molecule has 12 heavy (non-hydrogen) atoms. The van der Waals surface area contributed by atoms with Gasteiger partial charge in [0, 0.05) is 6.72 Å². The highest BCUT2D eigenvalue weighted by molar-refractivity contribution is 5.32. The van der Waals surface area contributed by atoms with Crippen LogP contribution < -0.4 is 0 Å². The van der Waals surface area contributed by atoms with Crippen LogP contribution in [0.3, 0.4) is 0 Å². The maximum atomic E-state index is 8.56. The van der Waals surface area contributed by atoms with Gasteiger partial charge in [-0.3, -0.25) is 0 Å². The Bertz CT molecular complexity index is 315. The van der Waals surface area contributed by atoms with Crippen LogP contribution in [0.2, 0.25) is 0 Å². The second kappa shape index (κ2) is 4.14. The van der Waals surface area contributed by atoms with Crippen molar-refractivity contribution in [2.75, 3.05) is 0 Å². The summed E-state index contributed by atoms with van der Waals surface area (Å²) in [7, 11) is 0. The van der Waals surface area contributed by atoms with E-state index >= 15 is 0 Å². The zero-order valence-corrected chi connectivity index (χ0v) is 6.53. The van der Waals surface area contributed by atoms with Crippen LogP contribution in [0, 0.1) is 11.3 Å². The Hall–Kier alpha value is -1.82. The van der Waals surface area contributed by atoms with Crippen molar-refractivity contribution >= 4 is 6.72 Å². The minimum atomic E-state index is 0.360. The molecule has 0 saturated carbocycles. The molecule has 0 radical (unpaired) electrons. The highest BCUT2D eigenvalue weighted by Gasteiger charge is 1.93. The fourth-order valence-electron chi connectivity index (χ4n) is 0.851. The highest BCUT2D eigenvalue weighted by Crippen LogP contribution is 2.05. The van der Waals surface area contributed by atoms with E-state index < -0.39 is 0 Å². The smallest absolute Gasteiger partial charge is 0.142 e. The van der Waals surface area contributed by atoms with Gasteiger partial charge in [-0.15, -0.1) is 5.16 Å². The van der Waals surface area contributed by atoms with E-state index in [2.05, 4.69) is 11.9 Å². The van der Waals surface area contributed by atoms with Gasteiger partial charge in [-0.05, 0) is 17.7 Å². The predicted octanol–water partition coefficient (Wildman–Crippen LogP) is 1.69. The van der Waals surface area contributed by atoms with Gasteiger partial charge in [0.15, 0.2) is 0 Å². The highest BCUT2D eigenvalue weighted by atomic mass is 16.6. The first-order valence-corrected chi connectivity index (χ1v) is 3.44. The number of hydrogen-bond donors (Lipinski definition) is 0. The Morgan fingerprint density at radius 1 is 1.58 bits per heavy atom. The lowest BCUT2D eigenvalue weighted by Gasteiger charge is -1.98. The van der Waals surface area contributed by atoms with Crippen LogP contribution in [0.15, 0.2) is 29.4 Å². The van der Waals surface area contributed by atoms with E-state index in [1.807, 2.05) is 12.1 Å². The molecule has 1 aromatic rings. The largest absolute Gasteiger partial charge is 0.391 e. The monoisotopic (exact) mass is 160 g/mol. The van der Waals surface area contributed by atoms with E-state index in [9.17, 15) is 0 Å². The molecule has 0 aliphatic rings. The van der Waals surface area contributed by atoms with Crippen molar-refractivity contribution in [3.05, 3.63) is 35.4 Å². The molecule has 3 heteroatoms. The second-order valence-corrected chi connectivity index (χ2v) is 2.21. The van der Waals surface area contributed by atoms with Crippen LogP contribution in [0.4, 0.5) is 0 Å². The third-order valence-electron chi connectivity index (χ3n) is 1.38. The summed E-state index contributed by atoms with van der Waals surface area (Å²) in [5.74, 6) is 0. The molecular formula is C9H8N2O. The molecule has 3 nitrogen and oxygen atoms in total. The minimum absolute atomic E-state index is 0.360. The second-order valence-electron chi connectivity index (χ2n) is 2.21. The first-order valence-electron chi connectivity index (χ1n) is 3.44. The van der Waals surface area contributed by atoms with E-state index in [1.54, 1.807) is 18.2 Å². The van der Waals surface area contributed by atoms with E-state index in [1.165, 1.54) is 0 Å². The molecular weight excluding hydrogens is 152 g/mol. The Morgan fingerprint density at radius 3 is 3.08 bits per heavy atom. The number of benzene rings is 1. The summed E-state index contributed by atoms with van der Waals surface area (Å²) >= 11 is 0. The van der Waals surface area contributed by atoms with E-state index in [4.69, 9.17) is 10.1 Å². The van der Waals surface area contributed by atoms with Gasteiger partial charge in [-0.2, -0.15) is 5.26 Å². The molecule has 0 aromatic heterocycles. The van der Waals surface area contributed by atoms with E-state index in [0.717, 1.165) is 5.56 Å². The molecule has 0 atom stereocenters. The van der Waals surface area contributed by atoms with Crippen LogP contribution >= 0.6 is 0 Å². The van der Waals surface area contributed by atoms with Gasteiger partial charge in [0.1, 0.15) is 6.61 Å². The number of oxime groups is 1. The van der Waals surface area contributed by atoms with Crippen LogP contribution in [-0.4, -0.2) is 6.72 Å². The average molecular weight is 160 g/mol. The lowest BCUT2D eigenvalue weighted by molar-refractivity contribution is 0.133. The molecule has 0 aliphatic carbocycles.